The van der Waals surface area contributed by atoms with Crippen LogP contribution < -0.4 is 15.4 Å². The summed E-state index contributed by atoms with van der Waals surface area (Å²) in [5, 5.41) is 6.15. The molecule has 1 heterocycles. The fraction of sp³-hybridized carbons (Fsp3) is 0.360. The number of unbranched alkanes of at least 4 members (excludes halogenated alkanes) is 1. The van der Waals surface area contributed by atoms with Gasteiger partial charge in [0.15, 0.2) is 5.78 Å². The molecule has 3 rings (SSSR count). The van der Waals surface area contributed by atoms with Gasteiger partial charge >= 0.3 is 6.09 Å². The van der Waals surface area contributed by atoms with E-state index in [1.54, 1.807) is 37.5 Å². The molecule has 0 atom stereocenters. The van der Waals surface area contributed by atoms with Crippen LogP contribution in [0.2, 0.25) is 0 Å². The summed E-state index contributed by atoms with van der Waals surface area (Å²) in [7, 11) is 1.63. The third-order valence-corrected chi connectivity index (χ3v) is 5.11. The van der Waals surface area contributed by atoms with E-state index in [4.69, 9.17) is 9.47 Å². The van der Waals surface area contributed by atoms with Gasteiger partial charge in [0.25, 0.3) is 0 Å². The number of allylic oxidation sites excluding steroid dienone is 1. The van der Waals surface area contributed by atoms with E-state index in [9.17, 15) is 9.59 Å². The summed E-state index contributed by atoms with van der Waals surface area (Å²) in [4.78, 5) is 24.9. The van der Waals surface area contributed by atoms with Gasteiger partial charge in [-0.1, -0.05) is 31.5 Å². The Balaban J connectivity index is 1.83. The Morgan fingerprint density at radius 2 is 2.00 bits per heavy atom. The molecule has 0 radical (unpaired) electrons. The van der Waals surface area contributed by atoms with Crippen LogP contribution in [0.1, 0.15) is 55.1 Å². The van der Waals surface area contributed by atoms with Crippen molar-refractivity contribution < 1.29 is 19.1 Å². The van der Waals surface area contributed by atoms with Crippen molar-refractivity contribution in [3.05, 3.63) is 65.2 Å². The van der Waals surface area contributed by atoms with Gasteiger partial charge < -0.3 is 14.8 Å². The number of hydrogen-bond acceptors (Lipinski definition) is 5. The Morgan fingerprint density at radius 1 is 1.19 bits per heavy atom. The minimum Gasteiger partial charge on any atom is -0.497 e. The van der Waals surface area contributed by atoms with Crippen LogP contribution in [0.3, 0.4) is 0 Å². The topological polar surface area (TPSA) is 76.7 Å². The molecule has 31 heavy (non-hydrogen) atoms. The lowest BCUT2D eigenvalue weighted by molar-refractivity contribution is 0.104. The molecule has 0 fully saturated rings. The summed E-state index contributed by atoms with van der Waals surface area (Å²) in [5.74, 6) is 0.586. The van der Waals surface area contributed by atoms with Crippen LogP contribution in [0.5, 0.6) is 5.75 Å². The predicted octanol–water partition coefficient (Wildman–Crippen LogP) is 5.19. The number of ether oxygens (including phenoxy) is 2. The van der Waals surface area contributed by atoms with Crippen molar-refractivity contribution in [3.8, 4) is 5.75 Å². The van der Waals surface area contributed by atoms with Gasteiger partial charge in [-0.15, -0.1) is 0 Å². The van der Waals surface area contributed by atoms with Gasteiger partial charge in [0.1, 0.15) is 5.75 Å². The molecule has 2 N–H and O–H groups in total. The number of amides is 1. The molecule has 0 saturated heterocycles. The van der Waals surface area contributed by atoms with E-state index in [0.717, 1.165) is 41.8 Å². The number of nitrogens with one attached hydrogen (secondary N) is 2. The monoisotopic (exact) mass is 422 g/mol. The Morgan fingerprint density at radius 3 is 2.74 bits per heavy atom. The first-order valence-corrected chi connectivity index (χ1v) is 10.6. The largest absolute Gasteiger partial charge is 0.497 e. The van der Waals surface area contributed by atoms with Crippen molar-refractivity contribution in [2.75, 3.05) is 19.0 Å². The zero-order valence-electron chi connectivity index (χ0n) is 18.6. The molecule has 0 saturated carbocycles. The van der Waals surface area contributed by atoms with Crippen LogP contribution in [-0.2, 0) is 11.2 Å². The van der Waals surface area contributed by atoms with Crippen molar-refractivity contribution in [1.82, 2.24) is 5.32 Å². The number of ketones is 1. The smallest absolute Gasteiger partial charge is 0.411 e. The van der Waals surface area contributed by atoms with Gasteiger partial charge in [0.2, 0.25) is 0 Å². The molecule has 0 aliphatic carbocycles. The van der Waals surface area contributed by atoms with Gasteiger partial charge in [-0.3, -0.25) is 10.1 Å². The molecule has 0 unspecified atom stereocenters. The average Bonchev–Trinajstić information content (AvgIpc) is 2.73. The zero-order chi connectivity index (χ0) is 22.4. The number of rotatable bonds is 7. The molecular weight excluding hydrogens is 392 g/mol. The van der Waals surface area contributed by atoms with E-state index < -0.39 is 6.09 Å². The number of anilines is 1. The number of benzene rings is 2. The van der Waals surface area contributed by atoms with Crippen molar-refractivity contribution >= 4 is 23.3 Å². The van der Waals surface area contributed by atoms with Crippen LogP contribution in [0, 0.1) is 0 Å². The van der Waals surface area contributed by atoms with E-state index in [0.29, 0.717) is 17.9 Å². The first-order valence-electron chi connectivity index (χ1n) is 10.6. The Labute approximate surface area is 183 Å². The molecule has 1 aliphatic heterocycles. The molecule has 164 valence electrons. The number of fused-ring (bicyclic) bond motifs is 1. The van der Waals surface area contributed by atoms with Crippen molar-refractivity contribution in [2.24, 2.45) is 0 Å². The molecule has 1 aliphatic rings. The fourth-order valence-corrected chi connectivity index (χ4v) is 3.58. The van der Waals surface area contributed by atoms with E-state index in [1.165, 1.54) is 0 Å². The van der Waals surface area contributed by atoms with Gasteiger partial charge in [0.05, 0.1) is 13.7 Å². The minimum atomic E-state index is -0.520. The second-order valence-corrected chi connectivity index (χ2v) is 8.33. The van der Waals surface area contributed by atoms with Crippen molar-refractivity contribution in [1.29, 1.82) is 0 Å². The van der Waals surface area contributed by atoms with E-state index in [2.05, 4.69) is 24.5 Å². The summed E-state index contributed by atoms with van der Waals surface area (Å²) in [5.41, 5.74) is 3.69. The lowest BCUT2D eigenvalue weighted by Crippen LogP contribution is -2.43. The Kier molecular flexibility index (Phi) is 7.00. The first-order chi connectivity index (χ1) is 14.8. The Bertz CT molecular complexity index is 995. The van der Waals surface area contributed by atoms with Crippen LogP contribution in [0.25, 0.3) is 5.70 Å². The highest BCUT2D eigenvalue weighted by Gasteiger charge is 2.28. The Hall–Kier alpha value is -3.28. The maximum atomic E-state index is 13.0. The van der Waals surface area contributed by atoms with E-state index in [1.807, 2.05) is 25.1 Å². The lowest BCUT2D eigenvalue weighted by Gasteiger charge is -2.35. The second-order valence-electron chi connectivity index (χ2n) is 8.33. The SMILES string of the molecule is CCCCOC(=O)Nc1cccc(C(=O)C=C2NC(C)(C)Cc3ccc(OC)cc32)c1. The molecule has 6 heteroatoms. The maximum absolute atomic E-state index is 13.0. The number of carbonyl (C=O) groups is 2. The van der Waals surface area contributed by atoms with Crippen LogP contribution in [0.4, 0.5) is 10.5 Å². The molecular formula is C25H30N2O4. The summed E-state index contributed by atoms with van der Waals surface area (Å²) in [6, 6.07) is 12.8. The summed E-state index contributed by atoms with van der Waals surface area (Å²) >= 11 is 0. The van der Waals surface area contributed by atoms with Gasteiger partial charge in [-0.2, -0.15) is 0 Å². The molecule has 1 amide bonds. The predicted molar refractivity (Wildman–Crippen MR) is 123 cm³/mol. The van der Waals surface area contributed by atoms with Gasteiger partial charge in [0, 0.05) is 34.1 Å². The number of hydrogen-bond donors (Lipinski definition) is 2. The normalized spacial score (nSPS) is 15.5. The lowest BCUT2D eigenvalue weighted by atomic mass is 9.85. The molecule has 0 aromatic heterocycles. The highest BCUT2D eigenvalue weighted by atomic mass is 16.5. The summed E-state index contributed by atoms with van der Waals surface area (Å²) < 4.78 is 10.5. The number of carbonyl (C=O) groups excluding carboxylic acids is 2. The highest BCUT2D eigenvalue weighted by Crippen LogP contribution is 2.32. The van der Waals surface area contributed by atoms with E-state index >= 15 is 0 Å². The highest BCUT2D eigenvalue weighted by molar-refractivity contribution is 6.09. The summed E-state index contributed by atoms with van der Waals surface area (Å²) in [6.45, 7) is 6.61. The van der Waals surface area contributed by atoms with Crippen molar-refractivity contribution in [2.45, 2.75) is 45.6 Å². The maximum Gasteiger partial charge on any atom is 0.411 e. The van der Waals surface area contributed by atoms with Crippen LogP contribution >= 0.6 is 0 Å². The van der Waals surface area contributed by atoms with Crippen LogP contribution in [-0.4, -0.2) is 31.1 Å². The standard InChI is InChI=1S/C25H30N2O4/c1-5-6-12-31-24(29)26-19-9-7-8-17(13-19)23(28)15-22-21-14-20(30-4)11-10-18(21)16-25(2,3)27-22/h7-11,13-15,27H,5-6,12,16H2,1-4H3,(H,26,29). The molecule has 0 spiro atoms. The van der Waals surface area contributed by atoms with E-state index in [-0.39, 0.29) is 11.3 Å². The quantitative estimate of drug-likeness (QED) is 0.365. The summed E-state index contributed by atoms with van der Waals surface area (Å²) in [6.07, 6.45) is 3.70. The third-order valence-electron chi connectivity index (χ3n) is 5.11. The molecule has 2 aromatic carbocycles. The third kappa shape index (κ3) is 5.87. The van der Waals surface area contributed by atoms with Crippen molar-refractivity contribution in [3.63, 3.8) is 0 Å². The van der Waals surface area contributed by atoms with Gasteiger partial charge in [-0.05, 0) is 56.5 Å². The molecule has 0 bridgehead atoms. The number of methoxy groups -OCH3 is 1. The van der Waals surface area contributed by atoms with Crippen LogP contribution in [0.15, 0.2) is 48.5 Å². The minimum absolute atomic E-state index is 0.156. The average molecular weight is 423 g/mol. The fourth-order valence-electron chi connectivity index (χ4n) is 3.58. The first kappa shape index (κ1) is 22.4. The van der Waals surface area contributed by atoms with Gasteiger partial charge in [-0.25, -0.2) is 4.79 Å². The molecule has 2 aromatic rings. The molecule has 6 nitrogen and oxygen atoms in total. The second kappa shape index (κ2) is 9.69. The zero-order valence-corrected chi connectivity index (χ0v) is 18.6.